The maximum atomic E-state index is 11.2. The minimum atomic E-state index is -0.454. The number of hydrogen-bond donors (Lipinski definition) is 2. The van der Waals surface area contributed by atoms with E-state index in [1.807, 2.05) is 13.1 Å². The quantitative estimate of drug-likeness (QED) is 0.769. The van der Waals surface area contributed by atoms with Crippen molar-refractivity contribution in [2.24, 2.45) is 18.5 Å². The lowest BCUT2D eigenvalue weighted by molar-refractivity contribution is -0.117. The molecule has 2 heterocycles. The molecule has 4 N–H and O–H groups in total. The van der Waals surface area contributed by atoms with Crippen molar-refractivity contribution >= 4 is 5.91 Å². The predicted octanol–water partition coefficient (Wildman–Crippen LogP) is -0.362. The molecule has 1 amide bonds. The smallest absolute Gasteiger partial charge is 0.225 e. The number of nitrogens with two attached hydrogens (primary N) is 2. The van der Waals surface area contributed by atoms with Crippen molar-refractivity contribution < 1.29 is 9.53 Å². The number of aryl methyl sites for hydroxylation is 1. The monoisotopic (exact) mass is 333 g/mol. The maximum Gasteiger partial charge on any atom is 0.225 e. The highest BCUT2D eigenvalue weighted by molar-refractivity contribution is 5.75. The normalized spacial score (nSPS) is 24.2. The van der Waals surface area contributed by atoms with Crippen LogP contribution in [-0.2, 0) is 23.0 Å². The highest BCUT2D eigenvalue weighted by Crippen LogP contribution is 2.33. The molecule has 1 aliphatic carbocycles. The molecule has 1 saturated carbocycles. The molecule has 0 aliphatic heterocycles. The van der Waals surface area contributed by atoms with E-state index < -0.39 is 5.91 Å². The second-order valence-corrected chi connectivity index (χ2v) is 6.20. The minimum absolute atomic E-state index is 0.0117. The molecule has 9 nitrogen and oxygen atoms in total. The lowest BCUT2D eigenvalue weighted by Crippen LogP contribution is -2.41. The van der Waals surface area contributed by atoms with Crippen molar-refractivity contribution in [1.29, 1.82) is 0 Å². The number of ether oxygens (including phenoxy) is 1. The van der Waals surface area contributed by atoms with Gasteiger partial charge >= 0.3 is 0 Å². The van der Waals surface area contributed by atoms with Crippen molar-refractivity contribution in [2.45, 2.75) is 43.7 Å². The van der Waals surface area contributed by atoms with Crippen LogP contribution in [0.25, 0.3) is 5.82 Å². The van der Waals surface area contributed by atoms with Crippen LogP contribution in [0.15, 0.2) is 12.3 Å². The number of methoxy groups -OCH3 is 1. The highest BCUT2D eigenvalue weighted by atomic mass is 16.5. The van der Waals surface area contributed by atoms with E-state index in [4.69, 9.17) is 16.2 Å². The zero-order valence-corrected chi connectivity index (χ0v) is 13.9. The highest BCUT2D eigenvalue weighted by Gasteiger charge is 2.33. The molecule has 130 valence electrons. The largest absolute Gasteiger partial charge is 0.380 e. The summed E-state index contributed by atoms with van der Waals surface area (Å²) in [7, 11) is 3.51. The lowest BCUT2D eigenvalue weighted by Gasteiger charge is -2.32. The Morgan fingerprint density at radius 1 is 1.46 bits per heavy atom. The summed E-state index contributed by atoms with van der Waals surface area (Å²) in [6.07, 6.45) is 4.21. The van der Waals surface area contributed by atoms with Gasteiger partial charge in [-0.25, -0.2) is 4.98 Å². The van der Waals surface area contributed by atoms with E-state index >= 15 is 0 Å². The molecule has 3 rings (SSSR count). The van der Waals surface area contributed by atoms with Gasteiger partial charge in [-0.15, -0.1) is 5.10 Å². The Hall–Kier alpha value is -2.26. The topological polar surface area (TPSA) is 127 Å². The van der Waals surface area contributed by atoms with Crippen molar-refractivity contribution in [2.75, 3.05) is 7.11 Å². The maximum absolute atomic E-state index is 11.2. The third-order valence-corrected chi connectivity index (χ3v) is 4.53. The fourth-order valence-electron chi connectivity index (χ4n) is 3.26. The number of hydrogen-bond acceptors (Lipinski definition) is 6. The summed E-state index contributed by atoms with van der Waals surface area (Å²) in [5, 5.41) is 8.65. The van der Waals surface area contributed by atoms with Gasteiger partial charge < -0.3 is 16.2 Å². The van der Waals surface area contributed by atoms with E-state index in [0.29, 0.717) is 5.82 Å². The van der Waals surface area contributed by atoms with Crippen molar-refractivity contribution in [3.63, 3.8) is 0 Å². The van der Waals surface area contributed by atoms with E-state index in [9.17, 15) is 4.79 Å². The molecule has 0 aromatic carbocycles. The van der Waals surface area contributed by atoms with Crippen molar-refractivity contribution in [3.05, 3.63) is 23.9 Å². The van der Waals surface area contributed by atoms with E-state index in [0.717, 1.165) is 30.9 Å². The summed E-state index contributed by atoms with van der Waals surface area (Å²) in [5.41, 5.74) is 11.4. The first kappa shape index (κ1) is 16.6. The van der Waals surface area contributed by atoms with Crippen LogP contribution >= 0.6 is 0 Å². The summed E-state index contributed by atoms with van der Waals surface area (Å²) in [6, 6.07) is 1.89. The standard InChI is InChI=1S/C15H23N7O2/c1-21-14(5-6-18-21)22-15(19-13(20-22)8-12(17)23)9-3-4-10(16)11(7-9)24-2/h5-6,9-11H,3-4,7-8,16H2,1-2H3,(H2,17,23)/t9-,10-,11-/m0/s1. The molecule has 0 saturated heterocycles. The summed E-state index contributed by atoms with van der Waals surface area (Å²) in [4.78, 5) is 15.8. The SMILES string of the molecule is CO[C@H]1C[C@@H](c2nc(CC(N)=O)nn2-c2ccnn2C)CC[C@@H]1N. The Balaban J connectivity index is 1.97. The van der Waals surface area contributed by atoms with Crippen LogP contribution in [0.3, 0.4) is 0 Å². The van der Waals surface area contributed by atoms with Gasteiger partial charge in [0.25, 0.3) is 0 Å². The van der Waals surface area contributed by atoms with Gasteiger partial charge in [0, 0.05) is 32.2 Å². The van der Waals surface area contributed by atoms with Gasteiger partial charge in [-0.05, 0) is 19.3 Å². The fourth-order valence-corrected chi connectivity index (χ4v) is 3.26. The van der Waals surface area contributed by atoms with Crippen LogP contribution < -0.4 is 11.5 Å². The number of carbonyl (C=O) groups is 1. The molecule has 2 aromatic heterocycles. The van der Waals surface area contributed by atoms with E-state index in [1.165, 1.54) is 0 Å². The number of carbonyl (C=O) groups excluding carboxylic acids is 1. The average molecular weight is 333 g/mol. The van der Waals surface area contributed by atoms with Crippen LogP contribution in [-0.4, -0.2) is 49.7 Å². The third-order valence-electron chi connectivity index (χ3n) is 4.53. The Kier molecular flexibility index (Phi) is 4.63. The van der Waals surface area contributed by atoms with Gasteiger partial charge in [-0.1, -0.05) is 0 Å². The molecule has 24 heavy (non-hydrogen) atoms. The number of aromatic nitrogens is 5. The first-order chi connectivity index (χ1) is 11.5. The molecular weight excluding hydrogens is 310 g/mol. The van der Waals surface area contributed by atoms with E-state index in [1.54, 1.807) is 22.7 Å². The van der Waals surface area contributed by atoms with E-state index in [-0.39, 0.29) is 24.5 Å². The second kappa shape index (κ2) is 6.70. The Morgan fingerprint density at radius 3 is 2.88 bits per heavy atom. The van der Waals surface area contributed by atoms with Crippen molar-refractivity contribution in [1.82, 2.24) is 24.5 Å². The Bertz CT molecular complexity index is 723. The van der Waals surface area contributed by atoms with Crippen LogP contribution in [0, 0.1) is 0 Å². The number of primary amides is 1. The van der Waals surface area contributed by atoms with Crippen LogP contribution in [0.1, 0.15) is 36.8 Å². The van der Waals surface area contributed by atoms with Gasteiger partial charge in [0.05, 0.1) is 18.7 Å². The zero-order chi connectivity index (χ0) is 17.3. The second-order valence-electron chi connectivity index (χ2n) is 6.20. The first-order valence-corrected chi connectivity index (χ1v) is 8.00. The van der Waals surface area contributed by atoms with Crippen LogP contribution in [0.4, 0.5) is 0 Å². The summed E-state index contributed by atoms with van der Waals surface area (Å²) in [6.45, 7) is 0. The fraction of sp³-hybridized carbons (Fsp3) is 0.600. The average Bonchev–Trinajstić information content (AvgIpc) is 3.13. The molecule has 9 heteroatoms. The molecule has 3 atom stereocenters. The lowest BCUT2D eigenvalue weighted by atomic mass is 9.83. The van der Waals surface area contributed by atoms with Gasteiger partial charge in [0.2, 0.25) is 5.91 Å². The molecule has 1 aliphatic rings. The van der Waals surface area contributed by atoms with Crippen LogP contribution in [0.5, 0.6) is 0 Å². The summed E-state index contributed by atoms with van der Waals surface area (Å²) >= 11 is 0. The van der Waals surface area contributed by atoms with Gasteiger partial charge in [-0.2, -0.15) is 9.78 Å². The predicted molar refractivity (Wildman–Crippen MR) is 86.4 cm³/mol. The molecular formula is C15H23N7O2. The van der Waals surface area contributed by atoms with Gasteiger partial charge in [0.15, 0.2) is 11.6 Å². The number of nitrogens with zero attached hydrogens (tertiary/aromatic N) is 5. The Morgan fingerprint density at radius 2 is 2.25 bits per heavy atom. The molecule has 1 fully saturated rings. The van der Waals surface area contributed by atoms with Crippen LogP contribution in [0.2, 0.25) is 0 Å². The molecule has 2 aromatic rings. The summed E-state index contributed by atoms with van der Waals surface area (Å²) in [5.74, 6) is 1.70. The molecule has 0 unspecified atom stereocenters. The Labute approximate surface area is 140 Å². The van der Waals surface area contributed by atoms with Gasteiger partial charge in [-0.3, -0.25) is 9.48 Å². The van der Waals surface area contributed by atoms with Crippen molar-refractivity contribution in [3.8, 4) is 5.82 Å². The van der Waals surface area contributed by atoms with Gasteiger partial charge in [0.1, 0.15) is 5.82 Å². The molecule has 0 spiro atoms. The van der Waals surface area contributed by atoms with E-state index in [2.05, 4.69) is 15.2 Å². The number of amides is 1. The third kappa shape index (κ3) is 3.17. The zero-order valence-electron chi connectivity index (χ0n) is 13.9. The summed E-state index contributed by atoms with van der Waals surface area (Å²) < 4.78 is 8.97. The first-order valence-electron chi connectivity index (χ1n) is 8.00. The minimum Gasteiger partial charge on any atom is -0.380 e. The molecule has 0 bridgehead atoms. The number of rotatable bonds is 5. The molecule has 0 radical (unpaired) electrons.